The van der Waals surface area contributed by atoms with Crippen molar-refractivity contribution in [3.8, 4) is 0 Å². The molecule has 1 aromatic rings. The predicted octanol–water partition coefficient (Wildman–Crippen LogP) is 1.24. The number of anilines is 1. The van der Waals surface area contributed by atoms with E-state index in [1.807, 2.05) is 19.1 Å². The molecule has 0 spiro atoms. The number of carbonyl (C=O) groups is 1. The Morgan fingerprint density at radius 1 is 1.09 bits per heavy atom. The van der Waals surface area contributed by atoms with Gasteiger partial charge in [0.1, 0.15) is 0 Å². The second-order valence-electron chi connectivity index (χ2n) is 4.79. The Hall–Kier alpha value is -1.63. The summed E-state index contributed by atoms with van der Waals surface area (Å²) >= 11 is 0. The van der Waals surface area contributed by atoms with E-state index in [-0.39, 0.29) is 5.91 Å². The van der Waals surface area contributed by atoms with E-state index in [1.54, 1.807) is 13.2 Å². The molecular weight excluding hydrogens is 284 g/mol. The third kappa shape index (κ3) is 7.40. The third-order valence-electron chi connectivity index (χ3n) is 3.02. The average molecular weight is 310 g/mol. The first-order valence-electron chi connectivity index (χ1n) is 7.49. The molecule has 3 N–H and O–H groups in total. The summed E-state index contributed by atoms with van der Waals surface area (Å²) in [6, 6.07) is 5.42. The van der Waals surface area contributed by atoms with Gasteiger partial charge in [-0.2, -0.15) is 0 Å². The van der Waals surface area contributed by atoms with Gasteiger partial charge in [0.15, 0.2) is 0 Å². The topological polar surface area (TPSA) is 82.8 Å². The molecule has 6 heteroatoms. The van der Waals surface area contributed by atoms with Crippen LogP contribution < -0.4 is 11.1 Å². The highest BCUT2D eigenvalue weighted by atomic mass is 16.5. The smallest absolute Gasteiger partial charge is 0.251 e. The fourth-order valence-electron chi connectivity index (χ4n) is 1.86. The van der Waals surface area contributed by atoms with E-state index >= 15 is 0 Å². The number of nitrogens with one attached hydrogen (secondary N) is 1. The van der Waals surface area contributed by atoms with Crippen molar-refractivity contribution in [3.63, 3.8) is 0 Å². The van der Waals surface area contributed by atoms with Crippen molar-refractivity contribution in [1.29, 1.82) is 0 Å². The number of hydrogen-bond acceptors (Lipinski definition) is 5. The van der Waals surface area contributed by atoms with Gasteiger partial charge in [0.05, 0.1) is 33.0 Å². The molecular formula is C16H26N2O4. The second kappa shape index (κ2) is 11.0. The zero-order chi connectivity index (χ0) is 16.2. The number of aryl methyl sites for hydroxylation is 1. The van der Waals surface area contributed by atoms with E-state index in [9.17, 15) is 4.79 Å². The van der Waals surface area contributed by atoms with Crippen LogP contribution in [0.25, 0.3) is 0 Å². The third-order valence-corrected chi connectivity index (χ3v) is 3.02. The monoisotopic (exact) mass is 310 g/mol. The Labute approximate surface area is 131 Å². The Balaban J connectivity index is 2.17. The lowest BCUT2D eigenvalue weighted by molar-refractivity contribution is 0.0255. The quantitative estimate of drug-likeness (QED) is 0.475. The molecule has 0 saturated heterocycles. The summed E-state index contributed by atoms with van der Waals surface area (Å²) in [5.41, 5.74) is 8.03. The van der Waals surface area contributed by atoms with Gasteiger partial charge >= 0.3 is 0 Å². The molecule has 22 heavy (non-hydrogen) atoms. The van der Waals surface area contributed by atoms with Crippen LogP contribution in [-0.2, 0) is 20.6 Å². The first-order chi connectivity index (χ1) is 10.7. The molecule has 0 bridgehead atoms. The lowest BCUT2D eigenvalue weighted by Crippen LogP contribution is -2.27. The van der Waals surface area contributed by atoms with E-state index in [0.29, 0.717) is 50.8 Å². The Morgan fingerprint density at radius 2 is 1.77 bits per heavy atom. The molecule has 1 amide bonds. The fraction of sp³-hybridized carbons (Fsp3) is 0.562. The van der Waals surface area contributed by atoms with Gasteiger partial charge in [0.25, 0.3) is 5.91 Å². The summed E-state index contributed by atoms with van der Waals surface area (Å²) in [5.74, 6) is -0.137. The molecule has 124 valence electrons. The van der Waals surface area contributed by atoms with Crippen molar-refractivity contribution in [3.05, 3.63) is 29.3 Å². The normalized spacial score (nSPS) is 10.6. The SMILES string of the molecule is CCc1cc(N)cc(C(=O)NCCOCCOCCOC)c1. The van der Waals surface area contributed by atoms with E-state index in [2.05, 4.69) is 5.32 Å². The molecule has 0 aromatic heterocycles. The van der Waals surface area contributed by atoms with Gasteiger partial charge in [-0.15, -0.1) is 0 Å². The predicted molar refractivity (Wildman–Crippen MR) is 86.1 cm³/mol. The highest BCUT2D eigenvalue weighted by Gasteiger charge is 2.06. The van der Waals surface area contributed by atoms with Crippen molar-refractivity contribution in [2.24, 2.45) is 0 Å². The maximum atomic E-state index is 12.0. The number of nitrogens with two attached hydrogens (primary N) is 1. The number of hydrogen-bond donors (Lipinski definition) is 2. The lowest BCUT2D eigenvalue weighted by Gasteiger charge is -2.09. The number of methoxy groups -OCH3 is 1. The van der Waals surface area contributed by atoms with Crippen LogP contribution in [0.2, 0.25) is 0 Å². The summed E-state index contributed by atoms with van der Waals surface area (Å²) in [5, 5.41) is 2.81. The Morgan fingerprint density at radius 3 is 2.45 bits per heavy atom. The largest absolute Gasteiger partial charge is 0.399 e. The first kappa shape index (κ1) is 18.4. The van der Waals surface area contributed by atoms with E-state index in [1.165, 1.54) is 0 Å². The van der Waals surface area contributed by atoms with Crippen LogP contribution in [0.4, 0.5) is 5.69 Å². The lowest BCUT2D eigenvalue weighted by atomic mass is 10.1. The van der Waals surface area contributed by atoms with Crippen molar-refractivity contribution in [2.45, 2.75) is 13.3 Å². The first-order valence-corrected chi connectivity index (χ1v) is 7.49. The summed E-state index contributed by atoms with van der Waals surface area (Å²) < 4.78 is 15.5. The van der Waals surface area contributed by atoms with E-state index < -0.39 is 0 Å². The van der Waals surface area contributed by atoms with Crippen LogP contribution in [0.5, 0.6) is 0 Å². The van der Waals surface area contributed by atoms with Gasteiger partial charge in [0.2, 0.25) is 0 Å². The molecule has 0 aliphatic heterocycles. The van der Waals surface area contributed by atoms with Crippen molar-refractivity contribution >= 4 is 11.6 Å². The number of benzene rings is 1. The highest BCUT2D eigenvalue weighted by Crippen LogP contribution is 2.12. The summed E-state index contributed by atoms with van der Waals surface area (Å²) in [4.78, 5) is 12.0. The van der Waals surface area contributed by atoms with Crippen LogP contribution in [0.3, 0.4) is 0 Å². The number of nitrogen functional groups attached to an aromatic ring is 1. The van der Waals surface area contributed by atoms with Gasteiger partial charge in [-0.05, 0) is 30.2 Å². The minimum absolute atomic E-state index is 0.137. The zero-order valence-electron chi connectivity index (χ0n) is 13.4. The summed E-state index contributed by atoms with van der Waals surface area (Å²) in [6.45, 7) is 5.08. The van der Waals surface area contributed by atoms with Crippen molar-refractivity contribution in [2.75, 3.05) is 52.4 Å². The minimum Gasteiger partial charge on any atom is -0.399 e. The van der Waals surface area contributed by atoms with Crippen molar-refractivity contribution in [1.82, 2.24) is 5.32 Å². The molecule has 0 atom stereocenters. The second-order valence-corrected chi connectivity index (χ2v) is 4.79. The Bertz CT molecular complexity index is 452. The molecule has 0 radical (unpaired) electrons. The van der Waals surface area contributed by atoms with Crippen molar-refractivity contribution < 1.29 is 19.0 Å². The number of ether oxygens (including phenoxy) is 3. The van der Waals surface area contributed by atoms with E-state index in [4.69, 9.17) is 19.9 Å². The molecule has 0 fully saturated rings. The molecule has 0 aliphatic rings. The molecule has 1 rings (SSSR count). The fourth-order valence-corrected chi connectivity index (χ4v) is 1.86. The van der Waals surface area contributed by atoms with Crippen LogP contribution >= 0.6 is 0 Å². The van der Waals surface area contributed by atoms with Crippen LogP contribution in [0.1, 0.15) is 22.8 Å². The molecule has 0 heterocycles. The van der Waals surface area contributed by atoms with Crippen LogP contribution in [-0.4, -0.2) is 52.6 Å². The maximum Gasteiger partial charge on any atom is 0.251 e. The summed E-state index contributed by atoms with van der Waals surface area (Å²) in [7, 11) is 1.63. The van der Waals surface area contributed by atoms with Gasteiger partial charge in [0, 0.05) is 24.9 Å². The zero-order valence-corrected chi connectivity index (χ0v) is 13.4. The standard InChI is InChI=1S/C16H26N2O4/c1-3-13-10-14(12-15(17)11-13)16(19)18-4-5-21-8-9-22-7-6-20-2/h10-12H,3-9,17H2,1-2H3,(H,18,19). The van der Waals surface area contributed by atoms with E-state index in [0.717, 1.165) is 12.0 Å². The van der Waals surface area contributed by atoms with Gasteiger partial charge in [-0.1, -0.05) is 6.92 Å². The maximum absolute atomic E-state index is 12.0. The Kier molecular flexibility index (Phi) is 9.21. The van der Waals surface area contributed by atoms with Crippen LogP contribution in [0.15, 0.2) is 18.2 Å². The molecule has 0 unspecified atom stereocenters. The van der Waals surface area contributed by atoms with Gasteiger partial charge < -0.3 is 25.3 Å². The number of amides is 1. The number of rotatable bonds is 11. The minimum atomic E-state index is -0.137. The number of carbonyl (C=O) groups excluding carboxylic acids is 1. The highest BCUT2D eigenvalue weighted by molar-refractivity contribution is 5.95. The molecule has 0 saturated carbocycles. The summed E-state index contributed by atoms with van der Waals surface area (Å²) in [6.07, 6.45) is 0.845. The van der Waals surface area contributed by atoms with Gasteiger partial charge in [-0.3, -0.25) is 4.79 Å². The van der Waals surface area contributed by atoms with Crippen LogP contribution in [0, 0.1) is 0 Å². The molecule has 0 aliphatic carbocycles. The molecule has 1 aromatic carbocycles. The molecule has 6 nitrogen and oxygen atoms in total. The average Bonchev–Trinajstić information content (AvgIpc) is 2.52. The van der Waals surface area contributed by atoms with Gasteiger partial charge in [-0.25, -0.2) is 0 Å².